The molecule has 5 aromatic carbocycles. The fourth-order valence-corrected chi connectivity index (χ4v) is 36.6. The van der Waals surface area contributed by atoms with Crippen molar-refractivity contribution in [1.29, 1.82) is 0 Å². The smallest absolute Gasteiger partial charge is 0.153 e. The molecule has 0 radical (unpaired) electrons. The van der Waals surface area contributed by atoms with Gasteiger partial charge < -0.3 is 4.43 Å². The standard InChI is InChI=1S/C27H28OSi3/c1-18-17-31(3,29-30(2)28-18)27-23-11-7-6-10-21(23)16-26-24(27)13-12-22-14-19-8-4-5-9-20(19)15-25(22)26/h4-16,18,30H,17,29H2,1-3H3. The van der Waals surface area contributed by atoms with E-state index in [1.807, 2.05) is 0 Å². The number of fused-ring (bicyclic) bond motifs is 5. The van der Waals surface area contributed by atoms with Crippen LogP contribution in [-0.2, 0) is 4.43 Å². The van der Waals surface area contributed by atoms with Gasteiger partial charge in [0.2, 0.25) is 0 Å². The fourth-order valence-electron chi connectivity index (χ4n) is 6.26. The highest BCUT2D eigenvalue weighted by atomic mass is 29.6. The van der Waals surface area contributed by atoms with Gasteiger partial charge in [-0.15, -0.1) is 0 Å². The van der Waals surface area contributed by atoms with Crippen LogP contribution in [0, 0.1) is 0 Å². The lowest BCUT2D eigenvalue weighted by atomic mass is 9.96. The van der Waals surface area contributed by atoms with E-state index in [-0.39, 0.29) is 8.55 Å². The molecule has 31 heavy (non-hydrogen) atoms. The summed E-state index contributed by atoms with van der Waals surface area (Å²) in [5, 5.41) is 13.0. The fraction of sp³-hybridized carbons (Fsp3) is 0.185. The van der Waals surface area contributed by atoms with E-state index in [9.17, 15) is 0 Å². The van der Waals surface area contributed by atoms with E-state index in [0.29, 0.717) is 6.10 Å². The lowest BCUT2D eigenvalue weighted by Crippen LogP contribution is -2.62. The first-order chi connectivity index (χ1) is 15.0. The second-order valence-corrected chi connectivity index (χ2v) is 29.1. The number of benzene rings is 5. The Kier molecular flexibility index (Phi) is 4.47. The maximum atomic E-state index is 6.38. The summed E-state index contributed by atoms with van der Waals surface area (Å²) in [7, 11) is -2.71. The molecule has 1 fully saturated rings. The first-order valence-electron chi connectivity index (χ1n) is 11.4. The van der Waals surface area contributed by atoms with Crippen molar-refractivity contribution in [2.75, 3.05) is 0 Å². The maximum Gasteiger partial charge on any atom is 0.153 e. The highest BCUT2D eigenvalue weighted by Crippen LogP contribution is 2.34. The summed E-state index contributed by atoms with van der Waals surface area (Å²) in [4.78, 5) is 0. The second-order valence-electron chi connectivity index (χ2n) is 9.78. The van der Waals surface area contributed by atoms with Gasteiger partial charge in [-0.2, -0.15) is 0 Å². The molecule has 1 aliphatic heterocycles. The van der Waals surface area contributed by atoms with Crippen molar-refractivity contribution in [2.45, 2.75) is 32.2 Å². The minimum absolute atomic E-state index is 0.186. The first-order valence-corrected chi connectivity index (χ1v) is 21.4. The van der Waals surface area contributed by atoms with Gasteiger partial charge in [0.15, 0.2) is 8.56 Å². The molecule has 3 unspecified atom stereocenters. The van der Waals surface area contributed by atoms with Crippen LogP contribution in [0.3, 0.4) is 0 Å². The molecule has 1 heterocycles. The van der Waals surface area contributed by atoms with Crippen LogP contribution in [0.2, 0.25) is 19.1 Å². The topological polar surface area (TPSA) is 9.23 Å². The van der Waals surface area contributed by atoms with E-state index in [1.165, 1.54) is 49.1 Å². The molecule has 0 saturated carbocycles. The summed E-state index contributed by atoms with van der Waals surface area (Å²) in [5.74, 6) is 0. The van der Waals surface area contributed by atoms with Gasteiger partial charge in [-0.1, -0.05) is 73.8 Å². The summed E-state index contributed by atoms with van der Waals surface area (Å²) in [6.45, 7) is 7.46. The van der Waals surface area contributed by atoms with E-state index in [4.69, 9.17) is 4.43 Å². The Morgan fingerprint density at radius 3 is 2.19 bits per heavy atom. The van der Waals surface area contributed by atoms with Crippen LogP contribution in [0.15, 0.2) is 78.9 Å². The quantitative estimate of drug-likeness (QED) is 0.185. The van der Waals surface area contributed by atoms with Crippen LogP contribution in [0.25, 0.3) is 43.1 Å². The van der Waals surface area contributed by atoms with Gasteiger partial charge in [0, 0.05) is 14.7 Å². The minimum atomic E-state index is -1.53. The summed E-state index contributed by atoms with van der Waals surface area (Å²) < 4.78 is 6.38. The van der Waals surface area contributed by atoms with Crippen molar-refractivity contribution in [1.82, 2.24) is 0 Å². The van der Waals surface area contributed by atoms with Gasteiger partial charge in [0.05, 0.1) is 7.59 Å². The summed E-state index contributed by atoms with van der Waals surface area (Å²) in [6, 6.07) is 31.2. The summed E-state index contributed by atoms with van der Waals surface area (Å²) >= 11 is 0. The predicted octanol–water partition coefficient (Wildman–Crippen LogP) is 5.52. The number of hydrogen-bond donors (Lipinski definition) is 0. The lowest BCUT2D eigenvalue weighted by molar-refractivity contribution is 0.249. The highest BCUT2D eigenvalue weighted by Gasteiger charge is 2.41. The third-order valence-corrected chi connectivity index (χ3v) is 33.1. The molecular formula is C27H28OSi3. The zero-order chi connectivity index (χ0) is 21.2. The minimum Gasteiger partial charge on any atom is -0.422 e. The summed E-state index contributed by atoms with van der Waals surface area (Å²) in [6.07, 6.45) is 0.429. The van der Waals surface area contributed by atoms with E-state index >= 15 is 0 Å². The highest BCUT2D eigenvalue weighted by molar-refractivity contribution is 7.51. The molecule has 0 aromatic heterocycles. The van der Waals surface area contributed by atoms with Crippen molar-refractivity contribution >= 4 is 73.0 Å². The van der Waals surface area contributed by atoms with Gasteiger partial charge in [-0.3, -0.25) is 0 Å². The number of rotatable bonds is 1. The Balaban J connectivity index is 1.75. The third kappa shape index (κ3) is 3.12. The average molecular weight is 453 g/mol. The average Bonchev–Trinajstić information content (AvgIpc) is 2.75. The zero-order valence-electron chi connectivity index (χ0n) is 18.5. The van der Waals surface area contributed by atoms with E-state index < -0.39 is 16.1 Å². The normalized spacial score (nSPS) is 25.1. The third-order valence-electron chi connectivity index (χ3n) is 7.27. The van der Waals surface area contributed by atoms with Crippen molar-refractivity contribution in [2.24, 2.45) is 0 Å². The Morgan fingerprint density at radius 2 is 1.42 bits per heavy atom. The van der Waals surface area contributed by atoms with Gasteiger partial charge in [-0.05, 0) is 79.4 Å². The molecule has 0 aliphatic carbocycles. The molecule has 6 rings (SSSR count). The van der Waals surface area contributed by atoms with Crippen LogP contribution >= 0.6 is 0 Å². The van der Waals surface area contributed by atoms with Crippen molar-refractivity contribution in [3.8, 4) is 0 Å². The molecule has 1 aliphatic rings. The van der Waals surface area contributed by atoms with Gasteiger partial charge in [0.1, 0.15) is 0 Å². The van der Waals surface area contributed by atoms with Gasteiger partial charge in [-0.25, -0.2) is 0 Å². The second kappa shape index (κ2) is 7.14. The molecule has 1 nitrogen and oxygen atoms in total. The molecule has 0 spiro atoms. The van der Waals surface area contributed by atoms with Crippen LogP contribution in [0.1, 0.15) is 6.92 Å². The molecule has 5 aromatic rings. The molecule has 4 heteroatoms. The van der Waals surface area contributed by atoms with Crippen LogP contribution in [-0.4, -0.2) is 30.8 Å². The summed E-state index contributed by atoms with van der Waals surface area (Å²) in [5.41, 5.74) is 0. The predicted molar refractivity (Wildman–Crippen MR) is 145 cm³/mol. The SMILES string of the molecule is CC1C[Si](C)(c2c3ccccc3cc3c2ccc2cc4ccccc4cc23)[SiH2][SiH](C)O1. The maximum absolute atomic E-state index is 6.38. The molecule has 1 saturated heterocycles. The van der Waals surface area contributed by atoms with Crippen LogP contribution in [0.4, 0.5) is 0 Å². The first kappa shape index (κ1) is 19.4. The Labute approximate surface area is 188 Å². The van der Waals surface area contributed by atoms with Crippen molar-refractivity contribution in [3.05, 3.63) is 78.9 Å². The van der Waals surface area contributed by atoms with Crippen molar-refractivity contribution in [3.63, 3.8) is 0 Å². The largest absolute Gasteiger partial charge is 0.422 e. The van der Waals surface area contributed by atoms with E-state index in [1.54, 1.807) is 5.19 Å². The van der Waals surface area contributed by atoms with Crippen molar-refractivity contribution < 1.29 is 4.43 Å². The zero-order valence-corrected chi connectivity index (χ0v) is 22.1. The van der Waals surface area contributed by atoms with E-state index in [0.717, 1.165) is 0 Å². The van der Waals surface area contributed by atoms with E-state index in [2.05, 4.69) is 98.9 Å². The Hall–Kier alpha value is -2.25. The molecule has 154 valence electrons. The monoisotopic (exact) mass is 452 g/mol. The van der Waals surface area contributed by atoms with Gasteiger partial charge in [0.25, 0.3) is 0 Å². The molecule has 3 atom stereocenters. The lowest BCUT2D eigenvalue weighted by Gasteiger charge is -2.40. The molecule has 0 bridgehead atoms. The van der Waals surface area contributed by atoms with Crippen LogP contribution in [0.5, 0.6) is 0 Å². The van der Waals surface area contributed by atoms with Gasteiger partial charge >= 0.3 is 0 Å². The molecular weight excluding hydrogens is 425 g/mol. The molecule has 0 amide bonds. The van der Waals surface area contributed by atoms with Crippen LogP contribution < -0.4 is 5.19 Å². The Bertz CT molecular complexity index is 1470. The molecule has 0 N–H and O–H groups in total. The Morgan fingerprint density at radius 1 is 0.774 bits per heavy atom. The number of hydrogen-bond acceptors (Lipinski definition) is 1.